The lowest BCUT2D eigenvalue weighted by Gasteiger charge is -2.22. The zero-order chi connectivity index (χ0) is 14.5. The van der Waals surface area contributed by atoms with Crippen LogP contribution in [0.25, 0.3) is 0 Å². The van der Waals surface area contributed by atoms with E-state index in [1.807, 2.05) is 50.4 Å². The Balaban J connectivity index is 2.18. The number of nitrogens with zero attached hydrogens (tertiary/aromatic N) is 1. The maximum atomic E-state index is 10.8. The van der Waals surface area contributed by atoms with Gasteiger partial charge in [-0.15, -0.1) is 0 Å². The van der Waals surface area contributed by atoms with E-state index in [2.05, 4.69) is 11.0 Å². The number of aldehydes is 1. The van der Waals surface area contributed by atoms with E-state index in [-0.39, 0.29) is 0 Å². The molecule has 0 N–H and O–H groups in total. The first-order valence-electron chi connectivity index (χ1n) is 6.54. The molecule has 0 atom stereocenters. The summed E-state index contributed by atoms with van der Waals surface area (Å²) >= 11 is 0. The summed E-state index contributed by atoms with van der Waals surface area (Å²) in [6.07, 6.45) is 0.874. The Labute approximate surface area is 119 Å². The number of aryl methyl sites for hydroxylation is 1. The molecule has 104 valence electrons. The van der Waals surface area contributed by atoms with E-state index in [4.69, 9.17) is 4.74 Å². The predicted molar refractivity (Wildman–Crippen MR) is 81.7 cm³/mol. The highest BCUT2D eigenvalue weighted by Crippen LogP contribution is 2.22. The van der Waals surface area contributed by atoms with Gasteiger partial charge in [0.2, 0.25) is 0 Å². The minimum absolute atomic E-state index is 0.709. The molecule has 0 aliphatic heterocycles. The number of carbonyl (C=O) groups is 1. The topological polar surface area (TPSA) is 29.5 Å². The lowest BCUT2D eigenvalue weighted by molar-refractivity contribution is 0.112. The predicted octanol–water partition coefficient (Wildman–Crippen LogP) is 3.45. The fourth-order valence-electron chi connectivity index (χ4n) is 2.31. The number of carbonyl (C=O) groups excluding carboxylic acids is 1. The molecule has 0 bridgehead atoms. The first kappa shape index (κ1) is 14.1. The van der Waals surface area contributed by atoms with Crippen molar-refractivity contribution in [3.8, 4) is 5.75 Å². The number of benzene rings is 2. The van der Waals surface area contributed by atoms with E-state index >= 15 is 0 Å². The maximum absolute atomic E-state index is 10.8. The van der Waals surface area contributed by atoms with Crippen molar-refractivity contribution in [2.24, 2.45) is 0 Å². The van der Waals surface area contributed by atoms with Crippen molar-refractivity contribution in [2.45, 2.75) is 13.5 Å². The molecule has 0 heterocycles. The second-order valence-corrected chi connectivity index (χ2v) is 4.87. The molecule has 3 nitrogen and oxygen atoms in total. The molecule has 0 unspecified atom stereocenters. The van der Waals surface area contributed by atoms with Gasteiger partial charge in [0, 0.05) is 24.8 Å². The quantitative estimate of drug-likeness (QED) is 0.779. The number of rotatable bonds is 5. The SMILES string of the molecule is COc1cccc(CN(C)c2ccc(C=O)cc2C)c1. The van der Waals surface area contributed by atoms with E-state index in [0.717, 1.165) is 29.8 Å². The van der Waals surface area contributed by atoms with E-state index in [1.54, 1.807) is 7.11 Å². The Morgan fingerprint density at radius 1 is 1.20 bits per heavy atom. The average Bonchev–Trinajstić information content (AvgIpc) is 2.47. The molecular formula is C17H19NO2. The molecule has 0 amide bonds. The molecule has 0 saturated carbocycles. The highest BCUT2D eigenvalue weighted by Gasteiger charge is 2.07. The van der Waals surface area contributed by atoms with Gasteiger partial charge in [-0.2, -0.15) is 0 Å². The molecule has 0 aliphatic rings. The number of hydrogen-bond acceptors (Lipinski definition) is 3. The highest BCUT2D eigenvalue weighted by molar-refractivity contribution is 5.76. The van der Waals surface area contributed by atoms with Crippen LogP contribution in [0.1, 0.15) is 21.5 Å². The van der Waals surface area contributed by atoms with Gasteiger partial charge < -0.3 is 9.64 Å². The van der Waals surface area contributed by atoms with Crippen LogP contribution in [0.5, 0.6) is 5.75 Å². The smallest absolute Gasteiger partial charge is 0.150 e. The van der Waals surface area contributed by atoms with Gasteiger partial charge in [0.05, 0.1) is 7.11 Å². The molecular weight excluding hydrogens is 250 g/mol. The fourth-order valence-corrected chi connectivity index (χ4v) is 2.31. The van der Waals surface area contributed by atoms with Crippen molar-refractivity contribution in [3.63, 3.8) is 0 Å². The van der Waals surface area contributed by atoms with Crippen LogP contribution < -0.4 is 9.64 Å². The molecule has 0 spiro atoms. The van der Waals surface area contributed by atoms with Gasteiger partial charge in [-0.25, -0.2) is 0 Å². The summed E-state index contributed by atoms with van der Waals surface area (Å²) in [7, 11) is 3.72. The van der Waals surface area contributed by atoms with Crippen molar-refractivity contribution < 1.29 is 9.53 Å². The van der Waals surface area contributed by atoms with E-state index in [9.17, 15) is 4.79 Å². The molecule has 0 radical (unpaired) electrons. The summed E-state index contributed by atoms with van der Waals surface area (Å²) in [5, 5.41) is 0. The Morgan fingerprint density at radius 2 is 2.00 bits per heavy atom. The van der Waals surface area contributed by atoms with Gasteiger partial charge in [0.1, 0.15) is 12.0 Å². The number of anilines is 1. The summed E-state index contributed by atoms with van der Waals surface area (Å²) in [6.45, 7) is 2.81. The van der Waals surface area contributed by atoms with Crippen molar-refractivity contribution in [1.82, 2.24) is 0 Å². The minimum Gasteiger partial charge on any atom is -0.497 e. The third-order valence-corrected chi connectivity index (χ3v) is 3.32. The monoisotopic (exact) mass is 269 g/mol. The summed E-state index contributed by atoms with van der Waals surface area (Å²) < 4.78 is 5.24. The second-order valence-electron chi connectivity index (χ2n) is 4.87. The van der Waals surface area contributed by atoms with Crippen molar-refractivity contribution in [2.75, 3.05) is 19.1 Å². The largest absolute Gasteiger partial charge is 0.497 e. The van der Waals surface area contributed by atoms with Crippen molar-refractivity contribution in [3.05, 3.63) is 59.2 Å². The first-order valence-corrected chi connectivity index (χ1v) is 6.54. The van der Waals surface area contributed by atoms with Crippen LogP contribution in [-0.4, -0.2) is 20.4 Å². The maximum Gasteiger partial charge on any atom is 0.150 e. The van der Waals surface area contributed by atoms with Gasteiger partial charge in [0.15, 0.2) is 0 Å². The molecule has 2 aromatic carbocycles. The Kier molecular flexibility index (Phi) is 4.41. The summed E-state index contributed by atoms with van der Waals surface area (Å²) in [5.74, 6) is 0.865. The molecule has 3 heteroatoms. The molecule has 0 aromatic heterocycles. The van der Waals surface area contributed by atoms with E-state index < -0.39 is 0 Å². The lowest BCUT2D eigenvalue weighted by Crippen LogP contribution is -2.17. The van der Waals surface area contributed by atoms with Gasteiger partial charge in [-0.3, -0.25) is 4.79 Å². The van der Waals surface area contributed by atoms with Gasteiger partial charge >= 0.3 is 0 Å². The third kappa shape index (κ3) is 3.18. The van der Waals surface area contributed by atoms with E-state index in [0.29, 0.717) is 5.56 Å². The van der Waals surface area contributed by atoms with Crippen molar-refractivity contribution >= 4 is 12.0 Å². The highest BCUT2D eigenvalue weighted by atomic mass is 16.5. The summed E-state index contributed by atoms with van der Waals surface area (Å²) in [5.41, 5.74) is 4.12. The Morgan fingerprint density at radius 3 is 2.65 bits per heavy atom. The Bertz CT molecular complexity index is 608. The molecule has 0 aliphatic carbocycles. The lowest BCUT2D eigenvalue weighted by atomic mass is 10.1. The van der Waals surface area contributed by atoms with Crippen LogP contribution >= 0.6 is 0 Å². The first-order chi connectivity index (χ1) is 9.63. The molecule has 2 aromatic rings. The number of hydrogen-bond donors (Lipinski definition) is 0. The number of ether oxygens (including phenoxy) is 1. The normalized spacial score (nSPS) is 10.2. The molecule has 20 heavy (non-hydrogen) atoms. The van der Waals surface area contributed by atoms with Gasteiger partial charge in [-0.1, -0.05) is 12.1 Å². The molecule has 0 saturated heterocycles. The van der Waals surface area contributed by atoms with Crippen LogP contribution in [0.4, 0.5) is 5.69 Å². The zero-order valence-electron chi connectivity index (χ0n) is 12.1. The standard InChI is InChI=1S/C17H19NO2/c1-13-9-15(12-19)7-8-17(13)18(2)11-14-5-4-6-16(10-14)20-3/h4-10,12H,11H2,1-3H3. The zero-order valence-corrected chi connectivity index (χ0v) is 12.1. The fraction of sp³-hybridized carbons (Fsp3) is 0.235. The average molecular weight is 269 g/mol. The van der Waals surface area contributed by atoms with Crippen LogP contribution in [0.3, 0.4) is 0 Å². The van der Waals surface area contributed by atoms with Gasteiger partial charge in [0.25, 0.3) is 0 Å². The van der Waals surface area contributed by atoms with Crippen LogP contribution in [0.2, 0.25) is 0 Å². The Hall–Kier alpha value is -2.29. The van der Waals surface area contributed by atoms with Crippen LogP contribution in [0, 0.1) is 6.92 Å². The second kappa shape index (κ2) is 6.24. The summed E-state index contributed by atoms with van der Waals surface area (Å²) in [6, 6.07) is 13.8. The van der Waals surface area contributed by atoms with Crippen LogP contribution in [-0.2, 0) is 6.54 Å². The van der Waals surface area contributed by atoms with Crippen LogP contribution in [0.15, 0.2) is 42.5 Å². The third-order valence-electron chi connectivity index (χ3n) is 3.32. The van der Waals surface area contributed by atoms with Crippen molar-refractivity contribution in [1.29, 1.82) is 0 Å². The van der Waals surface area contributed by atoms with Gasteiger partial charge in [-0.05, 0) is 48.4 Å². The molecule has 0 fully saturated rings. The number of methoxy groups -OCH3 is 1. The van der Waals surface area contributed by atoms with E-state index in [1.165, 1.54) is 5.56 Å². The minimum atomic E-state index is 0.709. The molecule has 2 rings (SSSR count). The summed E-state index contributed by atoms with van der Waals surface area (Å²) in [4.78, 5) is 12.9.